The Balaban J connectivity index is 1.68. The van der Waals surface area contributed by atoms with E-state index in [1.165, 1.54) is 35.1 Å². The van der Waals surface area contributed by atoms with E-state index in [0.717, 1.165) is 40.0 Å². The van der Waals surface area contributed by atoms with Gasteiger partial charge in [0.05, 0.1) is 11.4 Å². The molecule has 0 amide bonds. The number of aromatic nitrogens is 2. The highest BCUT2D eigenvalue weighted by Gasteiger charge is 2.22. The molecule has 3 aromatic rings. The topological polar surface area (TPSA) is 41.1 Å². The first-order chi connectivity index (χ1) is 13.0. The van der Waals surface area contributed by atoms with Gasteiger partial charge in [-0.15, -0.1) is 11.3 Å². The quantitative estimate of drug-likeness (QED) is 0.635. The number of nitrogens with one attached hydrogen (secondary N) is 1. The molecule has 0 radical (unpaired) electrons. The third-order valence-corrected chi connectivity index (χ3v) is 6.81. The summed E-state index contributed by atoms with van der Waals surface area (Å²) in [6.07, 6.45) is 4.85. The molecule has 0 saturated heterocycles. The van der Waals surface area contributed by atoms with E-state index in [9.17, 15) is 0 Å². The van der Waals surface area contributed by atoms with Crippen LogP contribution in [0.5, 0.6) is 0 Å². The molecule has 4 rings (SSSR count). The number of fused-ring (bicyclic) bond motifs is 3. The monoisotopic (exact) mass is 400 g/mol. The van der Waals surface area contributed by atoms with E-state index in [2.05, 4.69) is 30.4 Å². The normalized spacial score (nSPS) is 15.1. The molecule has 1 aliphatic carbocycles. The number of rotatable bonds is 5. The lowest BCUT2D eigenvalue weighted by Gasteiger charge is -2.26. The summed E-state index contributed by atoms with van der Waals surface area (Å²) in [6, 6.07) is 8.23. The van der Waals surface area contributed by atoms with Crippen LogP contribution in [0, 0.1) is 6.92 Å². The molecular weight excluding hydrogens is 376 g/mol. The zero-order valence-electron chi connectivity index (χ0n) is 16.1. The first-order valence-corrected chi connectivity index (χ1v) is 10.7. The number of benzene rings is 1. The van der Waals surface area contributed by atoms with Gasteiger partial charge in [-0.25, -0.2) is 9.97 Å². The molecule has 4 nitrogen and oxygen atoms in total. The van der Waals surface area contributed by atoms with Gasteiger partial charge in [-0.3, -0.25) is 0 Å². The van der Waals surface area contributed by atoms with Gasteiger partial charge < -0.3 is 10.2 Å². The molecule has 1 aliphatic rings. The van der Waals surface area contributed by atoms with Gasteiger partial charge in [0.1, 0.15) is 16.5 Å². The largest absolute Gasteiger partial charge is 0.367 e. The molecule has 0 bridgehead atoms. The van der Waals surface area contributed by atoms with Crippen molar-refractivity contribution in [1.29, 1.82) is 0 Å². The van der Waals surface area contributed by atoms with Crippen LogP contribution in [0.2, 0.25) is 5.02 Å². The van der Waals surface area contributed by atoms with E-state index >= 15 is 0 Å². The molecule has 1 N–H and O–H groups in total. The Morgan fingerprint density at radius 2 is 1.96 bits per heavy atom. The number of aryl methyl sites for hydroxylation is 3. The predicted octanol–water partition coefficient (Wildman–Crippen LogP) is 5.25. The Bertz CT molecular complexity index is 966. The summed E-state index contributed by atoms with van der Waals surface area (Å²) in [6.45, 7) is 2.72. The van der Waals surface area contributed by atoms with E-state index in [0.29, 0.717) is 0 Å². The van der Waals surface area contributed by atoms with Gasteiger partial charge in [0.25, 0.3) is 0 Å². The second kappa shape index (κ2) is 7.74. The molecule has 2 heterocycles. The van der Waals surface area contributed by atoms with Gasteiger partial charge in [0, 0.05) is 16.4 Å². The molecule has 6 heteroatoms. The molecule has 2 aromatic heterocycles. The lowest BCUT2D eigenvalue weighted by atomic mass is 9.97. The highest BCUT2D eigenvalue weighted by atomic mass is 35.5. The number of hydrogen-bond donors (Lipinski definition) is 1. The van der Waals surface area contributed by atoms with Crippen LogP contribution in [0.1, 0.15) is 40.7 Å². The average Bonchev–Trinajstić information content (AvgIpc) is 3.01. The highest BCUT2D eigenvalue weighted by Crippen LogP contribution is 2.39. The van der Waals surface area contributed by atoms with E-state index in [4.69, 9.17) is 21.6 Å². The number of nitrogens with zero attached hydrogens (tertiary/aromatic N) is 3. The number of thiophene rings is 1. The van der Waals surface area contributed by atoms with Crippen molar-refractivity contribution in [1.82, 2.24) is 14.9 Å². The zero-order chi connectivity index (χ0) is 19.0. The third-order valence-electron chi connectivity index (χ3n) is 5.28. The van der Waals surface area contributed by atoms with Crippen molar-refractivity contribution >= 4 is 39.0 Å². The smallest absolute Gasteiger partial charge is 0.138 e. The Kier molecular flexibility index (Phi) is 5.35. The molecular formula is C21H25ClN4S. The van der Waals surface area contributed by atoms with Gasteiger partial charge in [-0.2, -0.15) is 0 Å². The minimum Gasteiger partial charge on any atom is -0.367 e. The van der Waals surface area contributed by atoms with E-state index in [1.807, 2.05) is 36.5 Å². The molecule has 142 valence electrons. The van der Waals surface area contributed by atoms with Gasteiger partial charge >= 0.3 is 0 Å². The minimum atomic E-state index is 0.165. The second-order valence-corrected chi connectivity index (χ2v) is 8.88. The maximum absolute atomic E-state index is 6.46. The Morgan fingerprint density at radius 1 is 1.19 bits per heavy atom. The fourth-order valence-electron chi connectivity index (χ4n) is 3.90. The number of halogens is 1. The Morgan fingerprint density at radius 3 is 2.74 bits per heavy atom. The van der Waals surface area contributed by atoms with Gasteiger partial charge in [0.15, 0.2) is 0 Å². The molecule has 27 heavy (non-hydrogen) atoms. The minimum absolute atomic E-state index is 0.165. The van der Waals surface area contributed by atoms with E-state index in [1.54, 1.807) is 0 Å². The molecule has 0 aliphatic heterocycles. The van der Waals surface area contributed by atoms with Gasteiger partial charge in [-0.05, 0) is 63.9 Å². The van der Waals surface area contributed by atoms with Crippen LogP contribution < -0.4 is 5.32 Å². The van der Waals surface area contributed by atoms with Crippen molar-refractivity contribution < 1.29 is 0 Å². The van der Waals surface area contributed by atoms with Gasteiger partial charge in [-0.1, -0.05) is 29.8 Å². The van der Waals surface area contributed by atoms with Crippen molar-refractivity contribution in [2.45, 2.75) is 38.6 Å². The summed E-state index contributed by atoms with van der Waals surface area (Å²) in [7, 11) is 4.17. The van der Waals surface area contributed by atoms with Crippen molar-refractivity contribution in [3.8, 4) is 0 Å². The van der Waals surface area contributed by atoms with Crippen LogP contribution in [0.25, 0.3) is 10.2 Å². The second-order valence-electron chi connectivity index (χ2n) is 7.39. The summed E-state index contributed by atoms with van der Waals surface area (Å²) < 4.78 is 0. The molecule has 1 atom stereocenters. The summed E-state index contributed by atoms with van der Waals surface area (Å²) in [5.41, 5.74) is 2.59. The Labute approximate surface area is 169 Å². The molecule has 1 aromatic carbocycles. The van der Waals surface area contributed by atoms with Crippen LogP contribution in [0.3, 0.4) is 0 Å². The molecule has 0 spiro atoms. The maximum Gasteiger partial charge on any atom is 0.138 e. The van der Waals surface area contributed by atoms with Crippen molar-refractivity contribution in [2.75, 3.05) is 26.0 Å². The van der Waals surface area contributed by atoms with Gasteiger partial charge in [0.2, 0.25) is 0 Å². The average molecular weight is 401 g/mol. The van der Waals surface area contributed by atoms with Crippen LogP contribution in [0.15, 0.2) is 24.3 Å². The van der Waals surface area contributed by atoms with Crippen molar-refractivity contribution in [3.05, 3.63) is 51.1 Å². The van der Waals surface area contributed by atoms with Crippen LogP contribution >= 0.6 is 22.9 Å². The summed E-state index contributed by atoms with van der Waals surface area (Å²) >= 11 is 8.31. The number of anilines is 1. The highest BCUT2D eigenvalue weighted by molar-refractivity contribution is 7.19. The first kappa shape index (κ1) is 18.7. The summed E-state index contributed by atoms with van der Waals surface area (Å²) in [5, 5.41) is 5.66. The SMILES string of the molecule is Cc1nc(NC[C@@H](c2ccccc2Cl)N(C)C)c2c3c(sc2n1)CCCC3. The number of hydrogen-bond acceptors (Lipinski definition) is 5. The third kappa shape index (κ3) is 3.68. The fraction of sp³-hybridized carbons (Fsp3) is 0.429. The molecule has 0 saturated carbocycles. The molecule has 0 unspecified atom stereocenters. The van der Waals surface area contributed by atoms with E-state index in [-0.39, 0.29) is 6.04 Å². The molecule has 0 fully saturated rings. The van der Waals surface area contributed by atoms with Crippen molar-refractivity contribution in [3.63, 3.8) is 0 Å². The lowest BCUT2D eigenvalue weighted by molar-refractivity contribution is 0.312. The van der Waals surface area contributed by atoms with Crippen LogP contribution in [-0.2, 0) is 12.8 Å². The van der Waals surface area contributed by atoms with Crippen molar-refractivity contribution in [2.24, 2.45) is 0 Å². The summed E-state index contributed by atoms with van der Waals surface area (Å²) in [5.74, 6) is 1.79. The summed E-state index contributed by atoms with van der Waals surface area (Å²) in [4.78, 5) is 14.3. The zero-order valence-corrected chi connectivity index (χ0v) is 17.6. The fourth-order valence-corrected chi connectivity index (χ4v) is 5.47. The maximum atomic E-state index is 6.46. The predicted molar refractivity (Wildman–Crippen MR) is 115 cm³/mol. The first-order valence-electron chi connectivity index (χ1n) is 9.48. The Hall–Kier alpha value is -1.69. The van der Waals surface area contributed by atoms with Crippen LogP contribution in [0.4, 0.5) is 5.82 Å². The standard InChI is InChI=1S/C21H25ClN4S/c1-13-24-20(19-15-9-5-7-11-18(15)27-21(19)25-13)23-12-17(26(2)3)14-8-4-6-10-16(14)22/h4,6,8,10,17H,5,7,9,11-12H2,1-3H3,(H,23,24,25)/t17-/m0/s1. The number of likely N-dealkylation sites (N-methyl/N-ethyl adjacent to an activating group) is 1. The van der Waals surface area contributed by atoms with E-state index < -0.39 is 0 Å². The lowest BCUT2D eigenvalue weighted by Crippen LogP contribution is -2.27. The van der Waals surface area contributed by atoms with Crippen LogP contribution in [-0.4, -0.2) is 35.5 Å².